The van der Waals surface area contributed by atoms with Gasteiger partial charge in [0.1, 0.15) is 18.5 Å². The largest absolute Gasteiger partial charge is 0.491 e. The molecule has 26 heavy (non-hydrogen) atoms. The van der Waals surface area contributed by atoms with Crippen LogP contribution in [0.1, 0.15) is 18.9 Å². The van der Waals surface area contributed by atoms with Crippen LogP contribution in [0.2, 0.25) is 10.0 Å². The number of nitrogens with one attached hydrogen (secondary N) is 2. The topological polar surface area (TPSA) is 79.3 Å². The summed E-state index contributed by atoms with van der Waals surface area (Å²) in [6, 6.07) is 5.00. The number of aliphatic hydroxyl groups is 1. The summed E-state index contributed by atoms with van der Waals surface area (Å²) in [7, 11) is 0. The molecule has 0 saturated carbocycles. The monoisotopic (exact) mass is 398 g/mol. The first-order chi connectivity index (χ1) is 12.6. The van der Waals surface area contributed by atoms with Gasteiger partial charge in [0, 0.05) is 38.1 Å². The minimum atomic E-state index is -0.631. The lowest BCUT2D eigenvalue weighted by Gasteiger charge is -2.14. The van der Waals surface area contributed by atoms with Gasteiger partial charge in [-0.2, -0.15) is 0 Å². The predicted molar refractivity (Wildman–Crippen MR) is 105 cm³/mol. The fraction of sp³-hybridized carbons (Fsp3) is 0.444. The number of hydrogen-bond acceptors (Lipinski definition) is 6. The van der Waals surface area contributed by atoms with Crippen molar-refractivity contribution in [1.82, 2.24) is 15.3 Å². The zero-order valence-corrected chi connectivity index (χ0v) is 16.2. The summed E-state index contributed by atoms with van der Waals surface area (Å²) >= 11 is 11.8. The van der Waals surface area contributed by atoms with Crippen molar-refractivity contribution >= 4 is 29.2 Å². The smallest absolute Gasteiger partial charge is 0.222 e. The average Bonchev–Trinajstić information content (AvgIpc) is 2.64. The van der Waals surface area contributed by atoms with Crippen LogP contribution in [-0.4, -0.2) is 47.4 Å². The highest BCUT2D eigenvalue weighted by Gasteiger charge is 2.06. The highest BCUT2D eigenvalue weighted by molar-refractivity contribution is 6.42. The summed E-state index contributed by atoms with van der Waals surface area (Å²) in [5, 5.41) is 17.1. The number of halogens is 2. The molecule has 0 saturated heterocycles. The van der Waals surface area contributed by atoms with Crippen molar-refractivity contribution in [2.24, 2.45) is 0 Å². The Bertz CT molecular complexity index is 671. The number of rotatable bonds is 11. The molecule has 6 nitrogen and oxygen atoms in total. The second kappa shape index (κ2) is 11.2. The molecule has 8 heteroatoms. The molecule has 0 fully saturated rings. The van der Waals surface area contributed by atoms with Gasteiger partial charge in [0.25, 0.3) is 0 Å². The molecule has 0 aliphatic heterocycles. The van der Waals surface area contributed by atoms with Crippen LogP contribution in [0.3, 0.4) is 0 Å². The second-order valence-corrected chi connectivity index (χ2v) is 6.65. The molecule has 2 aromatic rings. The zero-order valence-electron chi connectivity index (χ0n) is 14.7. The summed E-state index contributed by atoms with van der Waals surface area (Å²) in [5.74, 6) is 1.18. The van der Waals surface area contributed by atoms with Crippen LogP contribution in [0.15, 0.2) is 30.6 Å². The molecule has 2 rings (SSSR count). The first kappa shape index (κ1) is 20.7. The van der Waals surface area contributed by atoms with E-state index in [9.17, 15) is 5.11 Å². The Kier molecular flexibility index (Phi) is 8.91. The van der Waals surface area contributed by atoms with Crippen LogP contribution in [-0.2, 0) is 6.42 Å². The van der Waals surface area contributed by atoms with E-state index in [-0.39, 0.29) is 6.61 Å². The number of hydrogen-bond donors (Lipinski definition) is 3. The van der Waals surface area contributed by atoms with Crippen LogP contribution in [0.25, 0.3) is 0 Å². The van der Waals surface area contributed by atoms with Crippen molar-refractivity contribution in [3.8, 4) is 5.75 Å². The number of anilines is 1. The minimum Gasteiger partial charge on any atom is -0.491 e. The molecule has 1 aromatic heterocycles. The molecule has 0 radical (unpaired) electrons. The summed E-state index contributed by atoms with van der Waals surface area (Å²) in [6.07, 6.45) is 5.13. The zero-order chi connectivity index (χ0) is 18.8. The lowest BCUT2D eigenvalue weighted by molar-refractivity contribution is 0.107. The molecule has 0 amide bonds. The van der Waals surface area contributed by atoms with Crippen LogP contribution in [0.5, 0.6) is 5.75 Å². The first-order valence-electron chi connectivity index (χ1n) is 8.60. The van der Waals surface area contributed by atoms with Gasteiger partial charge in [-0.05, 0) is 24.1 Å². The van der Waals surface area contributed by atoms with E-state index in [4.69, 9.17) is 27.9 Å². The second-order valence-electron chi connectivity index (χ2n) is 5.84. The fourth-order valence-corrected chi connectivity index (χ4v) is 2.50. The van der Waals surface area contributed by atoms with E-state index in [1.165, 1.54) is 0 Å². The van der Waals surface area contributed by atoms with Gasteiger partial charge < -0.3 is 20.5 Å². The SMILES string of the molecule is CCCc1cnc(NCCNC[C@H](O)COc2ccc(Cl)c(Cl)c2)nc1. The van der Waals surface area contributed by atoms with Gasteiger partial charge in [0.05, 0.1) is 10.0 Å². The fourth-order valence-electron chi connectivity index (χ4n) is 2.21. The summed E-state index contributed by atoms with van der Waals surface area (Å²) < 4.78 is 5.49. The molecule has 0 unspecified atom stereocenters. The van der Waals surface area contributed by atoms with E-state index in [0.717, 1.165) is 18.4 Å². The Morgan fingerprint density at radius 3 is 2.62 bits per heavy atom. The van der Waals surface area contributed by atoms with E-state index in [1.807, 2.05) is 12.4 Å². The highest BCUT2D eigenvalue weighted by atomic mass is 35.5. The van der Waals surface area contributed by atoms with Crippen molar-refractivity contribution in [2.75, 3.05) is 31.6 Å². The number of aliphatic hydroxyl groups excluding tert-OH is 1. The van der Waals surface area contributed by atoms with Crippen molar-refractivity contribution in [3.05, 3.63) is 46.2 Å². The Balaban J connectivity index is 1.58. The van der Waals surface area contributed by atoms with Crippen LogP contribution >= 0.6 is 23.2 Å². The molecule has 142 valence electrons. The first-order valence-corrected chi connectivity index (χ1v) is 9.35. The van der Waals surface area contributed by atoms with Gasteiger partial charge in [0.2, 0.25) is 5.95 Å². The maximum Gasteiger partial charge on any atom is 0.222 e. The molecular formula is C18H24Cl2N4O2. The van der Waals surface area contributed by atoms with E-state index in [2.05, 4.69) is 27.5 Å². The van der Waals surface area contributed by atoms with Crippen molar-refractivity contribution < 1.29 is 9.84 Å². The van der Waals surface area contributed by atoms with Gasteiger partial charge in [-0.1, -0.05) is 36.5 Å². The van der Waals surface area contributed by atoms with Gasteiger partial charge in [-0.15, -0.1) is 0 Å². The van der Waals surface area contributed by atoms with Gasteiger partial charge in [-0.25, -0.2) is 9.97 Å². The van der Waals surface area contributed by atoms with E-state index in [0.29, 0.717) is 41.4 Å². The molecule has 0 spiro atoms. The van der Waals surface area contributed by atoms with Gasteiger partial charge >= 0.3 is 0 Å². The Morgan fingerprint density at radius 2 is 1.92 bits per heavy atom. The Morgan fingerprint density at radius 1 is 1.15 bits per heavy atom. The molecule has 1 heterocycles. The van der Waals surface area contributed by atoms with E-state index < -0.39 is 6.10 Å². The molecule has 3 N–H and O–H groups in total. The molecule has 0 aliphatic rings. The van der Waals surface area contributed by atoms with Crippen LogP contribution < -0.4 is 15.4 Å². The summed E-state index contributed by atoms with van der Waals surface area (Å²) in [5.41, 5.74) is 1.14. The molecule has 0 bridgehead atoms. The molecule has 1 aromatic carbocycles. The predicted octanol–water partition coefficient (Wildman–Crippen LogP) is 3.18. The van der Waals surface area contributed by atoms with Crippen molar-refractivity contribution in [2.45, 2.75) is 25.9 Å². The summed E-state index contributed by atoms with van der Waals surface area (Å²) in [4.78, 5) is 8.53. The Hall–Kier alpha value is -1.60. The number of benzene rings is 1. The van der Waals surface area contributed by atoms with Crippen molar-refractivity contribution in [1.29, 1.82) is 0 Å². The van der Waals surface area contributed by atoms with Gasteiger partial charge in [0.15, 0.2) is 0 Å². The van der Waals surface area contributed by atoms with E-state index in [1.54, 1.807) is 18.2 Å². The third-order valence-electron chi connectivity index (χ3n) is 3.54. The average molecular weight is 399 g/mol. The maximum atomic E-state index is 9.94. The highest BCUT2D eigenvalue weighted by Crippen LogP contribution is 2.26. The van der Waals surface area contributed by atoms with Crippen molar-refractivity contribution in [3.63, 3.8) is 0 Å². The quantitative estimate of drug-likeness (QED) is 0.504. The number of aryl methyl sites for hydroxylation is 1. The minimum absolute atomic E-state index is 0.167. The van der Waals surface area contributed by atoms with Crippen LogP contribution in [0, 0.1) is 0 Å². The number of nitrogens with zero attached hydrogens (tertiary/aromatic N) is 2. The van der Waals surface area contributed by atoms with Gasteiger partial charge in [-0.3, -0.25) is 0 Å². The molecule has 1 atom stereocenters. The molecular weight excluding hydrogens is 375 g/mol. The van der Waals surface area contributed by atoms with E-state index >= 15 is 0 Å². The molecule has 0 aliphatic carbocycles. The normalized spacial score (nSPS) is 12.0. The van der Waals surface area contributed by atoms with Crippen LogP contribution in [0.4, 0.5) is 5.95 Å². The Labute approximate surface area is 163 Å². The summed E-state index contributed by atoms with van der Waals surface area (Å²) in [6.45, 7) is 4.04. The lowest BCUT2D eigenvalue weighted by atomic mass is 10.2. The number of ether oxygens (including phenoxy) is 1. The third kappa shape index (κ3) is 7.33. The number of aromatic nitrogens is 2. The lowest BCUT2D eigenvalue weighted by Crippen LogP contribution is -2.34. The standard InChI is InChI=1S/C18H24Cl2N4O2/c1-2-3-13-9-23-18(24-10-13)22-7-6-21-11-14(25)12-26-15-4-5-16(19)17(20)8-15/h4-5,8-10,14,21,25H,2-3,6-7,11-12H2,1H3,(H,22,23,24)/t14-/m0/s1. The third-order valence-corrected chi connectivity index (χ3v) is 4.28. The maximum absolute atomic E-state index is 9.94.